The molecule has 0 saturated carbocycles. The highest BCUT2D eigenvalue weighted by molar-refractivity contribution is 4.68. The highest BCUT2D eigenvalue weighted by Gasteiger charge is 2.15. The van der Waals surface area contributed by atoms with Crippen molar-refractivity contribution in [1.82, 2.24) is 0 Å². The molecule has 0 rings (SSSR count). The van der Waals surface area contributed by atoms with Crippen molar-refractivity contribution >= 4 is 0 Å². The van der Waals surface area contributed by atoms with Gasteiger partial charge in [0.1, 0.15) is 0 Å². The maximum Gasteiger partial charge on any atom is -0.0354 e. The molecule has 0 nitrogen and oxygen atoms in total. The maximum absolute atomic E-state index is 3.93. The van der Waals surface area contributed by atoms with Crippen LogP contribution in [0.15, 0.2) is 0 Å². The van der Waals surface area contributed by atoms with E-state index in [1.54, 1.807) is 0 Å². The Morgan fingerprint density at radius 3 is 1.71 bits per heavy atom. The zero-order valence-electron chi connectivity index (χ0n) is 12.7. The summed E-state index contributed by atoms with van der Waals surface area (Å²) in [5.41, 5.74) is 0.555. The molecule has 0 heterocycles. The van der Waals surface area contributed by atoms with E-state index >= 15 is 0 Å². The first-order chi connectivity index (χ1) is 8.12. The molecule has 0 bridgehead atoms. The summed E-state index contributed by atoms with van der Waals surface area (Å²) in [6, 6.07) is 0. The number of rotatable bonds is 12. The highest BCUT2D eigenvalue weighted by atomic mass is 14.2. The van der Waals surface area contributed by atoms with Crippen molar-refractivity contribution in [2.45, 2.75) is 97.8 Å². The average Bonchev–Trinajstić information content (AvgIpc) is 2.30. The van der Waals surface area contributed by atoms with E-state index in [1.807, 2.05) is 0 Å². The van der Waals surface area contributed by atoms with Crippen LogP contribution in [0, 0.1) is 12.3 Å². The van der Waals surface area contributed by atoms with Crippen LogP contribution >= 0.6 is 0 Å². The predicted molar refractivity (Wildman–Crippen MR) is 80.2 cm³/mol. The summed E-state index contributed by atoms with van der Waals surface area (Å²) in [5.74, 6) is 0. The van der Waals surface area contributed by atoms with Gasteiger partial charge in [-0.05, 0) is 18.3 Å². The molecule has 0 unspecified atom stereocenters. The Morgan fingerprint density at radius 1 is 0.706 bits per heavy atom. The van der Waals surface area contributed by atoms with Crippen LogP contribution in [0.2, 0.25) is 0 Å². The van der Waals surface area contributed by atoms with Crippen LogP contribution in [0.1, 0.15) is 97.8 Å². The fourth-order valence-corrected chi connectivity index (χ4v) is 2.47. The summed E-state index contributed by atoms with van der Waals surface area (Å²) in [4.78, 5) is 0. The van der Waals surface area contributed by atoms with Crippen LogP contribution in [0.25, 0.3) is 0 Å². The largest absolute Gasteiger partial charge is 0.0654 e. The van der Waals surface area contributed by atoms with E-state index in [4.69, 9.17) is 0 Å². The van der Waals surface area contributed by atoms with Crippen molar-refractivity contribution in [3.05, 3.63) is 6.92 Å². The van der Waals surface area contributed by atoms with E-state index in [9.17, 15) is 0 Å². The summed E-state index contributed by atoms with van der Waals surface area (Å²) in [5, 5.41) is 0. The second-order valence-electron chi connectivity index (χ2n) is 6.35. The molecule has 0 aromatic rings. The predicted octanol–water partition coefficient (Wildman–Crippen LogP) is 6.55. The summed E-state index contributed by atoms with van der Waals surface area (Å²) in [6.45, 7) is 11.1. The van der Waals surface area contributed by atoms with Crippen molar-refractivity contribution < 1.29 is 0 Å². The molecule has 0 aromatic heterocycles. The Bertz CT molecular complexity index is 146. The van der Waals surface area contributed by atoms with Crippen LogP contribution in [0.5, 0.6) is 0 Å². The third-order valence-electron chi connectivity index (χ3n) is 3.81. The SMILES string of the molecule is [CH2]CCCC(C)(C)CCCCCCCCCC. The monoisotopic (exact) mass is 239 g/mol. The van der Waals surface area contributed by atoms with Gasteiger partial charge in [-0.15, -0.1) is 0 Å². The maximum atomic E-state index is 3.93. The number of unbranched alkanes of at least 4 members (excludes halogenated alkanes) is 8. The van der Waals surface area contributed by atoms with Crippen LogP contribution in [0.4, 0.5) is 0 Å². The molecule has 0 saturated heterocycles. The first-order valence-electron chi connectivity index (χ1n) is 7.91. The van der Waals surface area contributed by atoms with Crippen molar-refractivity contribution in [2.24, 2.45) is 5.41 Å². The lowest BCUT2D eigenvalue weighted by molar-refractivity contribution is 0.287. The van der Waals surface area contributed by atoms with Gasteiger partial charge in [-0.25, -0.2) is 0 Å². The van der Waals surface area contributed by atoms with Crippen molar-refractivity contribution in [3.63, 3.8) is 0 Å². The van der Waals surface area contributed by atoms with Crippen molar-refractivity contribution in [1.29, 1.82) is 0 Å². The lowest BCUT2D eigenvalue weighted by atomic mass is 9.82. The quantitative estimate of drug-likeness (QED) is 0.339. The Balaban J connectivity index is 3.26. The number of hydrogen-bond acceptors (Lipinski definition) is 0. The molecule has 0 amide bonds. The summed E-state index contributed by atoms with van der Waals surface area (Å²) in [6.07, 6.45) is 16.6. The van der Waals surface area contributed by atoms with E-state index in [-0.39, 0.29) is 0 Å². The van der Waals surface area contributed by atoms with Crippen LogP contribution in [-0.2, 0) is 0 Å². The van der Waals surface area contributed by atoms with Gasteiger partial charge in [0.05, 0.1) is 0 Å². The minimum atomic E-state index is 0.555. The Hall–Kier alpha value is 0. The second-order valence-corrected chi connectivity index (χ2v) is 6.35. The van der Waals surface area contributed by atoms with E-state index in [2.05, 4.69) is 27.7 Å². The highest BCUT2D eigenvalue weighted by Crippen LogP contribution is 2.29. The lowest BCUT2D eigenvalue weighted by Gasteiger charge is -2.24. The van der Waals surface area contributed by atoms with Gasteiger partial charge in [-0.3, -0.25) is 0 Å². The first kappa shape index (κ1) is 17.0. The minimum absolute atomic E-state index is 0.555. The molecule has 0 aliphatic rings. The lowest BCUT2D eigenvalue weighted by Crippen LogP contribution is -2.10. The summed E-state index contributed by atoms with van der Waals surface area (Å²) >= 11 is 0. The molecule has 103 valence electrons. The average molecular weight is 239 g/mol. The molecule has 0 aliphatic carbocycles. The zero-order chi connectivity index (χ0) is 13.0. The van der Waals surface area contributed by atoms with Crippen molar-refractivity contribution in [3.8, 4) is 0 Å². The molecular formula is C17H35. The molecule has 0 N–H and O–H groups in total. The third-order valence-corrected chi connectivity index (χ3v) is 3.81. The second kappa shape index (κ2) is 11.1. The van der Waals surface area contributed by atoms with E-state index in [0.717, 1.165) is 6.42 Å². The number of hydrogen-bond donors (Lipinski definition) is 0. The summed E-state index contributed by atoms with van der Waals surface area (Å²) in [7, 11) is 0. The zero-order valence-corrected chi connectivity index (χ0v) is 12.7. The van der Waals surface area contributed by atoms with Gasteiger partial charge in [-0.2, -0.15) is 0 Å². The van der Waals surface area contributed by atoms with E-state index in [0.29, 0.717) is 5.41 Å². The van der Waals surface area contributed by atoms with Crippen molar-refractivity contribution in [2.75, 3.05) is 0 Å². The summed E-state index contributed by atoms with van der Waals surface area (Å²) < 4.78 is 0. The van der Waals surface area contributed by atoms with Crippen LogP contribution < -0.4 is 0 Å². The molecule has 1 radical (unpaired) electrons. The van der Waals surface area contributed by atoms with Gasteiger partial charge in [-0.1, -0.05) is 91.9 Å². The molecule has 0 heteroatoms. The van der Waals surface area contributed by atoms with Gasteiger partial charge in [0.2, 0.25) is 0 Å². The molecular weight excluding hydrogens is 204 g/mol. The van der Waals surface area contributed by atoms with Crippen LogP contribution in [-0.4, -0.2) is 0 Å². The molecule has 0 spiro atoms. The molecule has 0 atom stereocenters. The topological polar surface area (TPSA) is 0 Å². The molecule has 0 aliphatic heterocycles. The van der Waals surface area contributed by atoms with E-state index in [1.165, 1.54) is 70.6 Å². The minimum Gasteiger partial charge on any atom is -0.0654 e. The van der Waals surface area contributed by atoms with Crippen LogP contribution in [0.3, 0.4) is 0 Å². The normalized spacial score (nSPS) is 12.0. The first-order valence-corrected chi connectivity index (χ1v) is 7.91. The fourth-order valence-electron chi connectivity index (χ4n) is 2.47. The van der Waals surface area contributed by atoms with Gasteiger partial charge >= 0.3 is 0 Å². The Kier molecular flexibility index (Phi) is 11.1. The standard InChI is InChI=1S/C17H35/c1-5-7-9-10-11-12-13-14-16-17(3,4)15-8-6-2/h2,5-16H2,1,3-4H3. The molecule has 17 heavy (non-hydrogen) atoms. The Morgan fingerprint density at radius 2 is 1.18 bits per heavy atom. The smallest absolute Gasteiger partial charge is 0.0354 e. The van der Waals surface area contributed by atoms with Gasteiger partial charge in [0.25, 0.3) is 0 Å². The van der Waals surface area contributed by atoms with Gasteiger partial charge < -0.3 is 0 Å². The van der Waals surface area contributed by atoms with E-state index < -0.39 is 0 Å². The molecule has 0 aromatic carbocycles. The Labute approximate surface area is 111 Å². The van der Waals surface area contributed by atoms with Gasteiger partial charge in [0, 0.05) is 0 Å². The molecule has 0 fully saturated rings. The fraction of sp³-hybridized carbons (Fsp3) is 0.941. The third kappa shape index (κ3) is 12.2. The van der Waals surface area contributed by atoms with Gasteiger partial charge in [0.15, 0.2) is 0 Å².